The Balaban J connectivity index is 2.87. The van der Waals surface area contributed by atoms with Gasteiger partial charge < -0.3 is 24.7 Å². The fourth-order valence-corrected chi connectivity index (χ4v) is 5.54. The Labute approximate surface area is 123 Å². The summed E-state index contributed by atoms with van der Waals surface area (Å²) in [5, 5.41) is 6.64. The number of hydrogen-bond donors (Lipinski definition) is 6. The van der Waals surface area contributed by atoms with Crippen molar-refractivity contribution in [2.75, 3.05) is 5.75 Å². The minimum atomic E-state index is -5.33. The van der Waals surface area contributed by atoms with Crippen molar-refractivity contribution in [2.45, 2.75) is 43.6 Å². The van der Waals surface area contributed by atoms with Gasteiger partial charge in [0.05, 0.1) is 0 Å². The molecule has 5 N–H and O–H groups in total. The molecule has 7 nitrogen and oxygen atoms in total. The molecule has 10 heteroatoms. The van der Waals surface area contributed by atoms with Crippen LogP contribution in [0.5, 0.6) is 0 Å². The predicted octanol–water partition coefficient (Wildman–Crippen LogP) is 1.50. The number of rotatable bonds is 6. The molecule has 0 bridgehead atoms. The molecular formula is C10H22O7P2S. The smallest absolute Gasteiger partial charge is 0.368 e. The second-order valence-electron chi connectivity index (χ2n) is 5.48. The van der Waals surface area contributed by atoms with E-state index >= 15 is 0 Å². The van der Waals surface area contributed by atoms with Gasteiger partial charge in [-0.15, -0.1) is 0 Å². The van der Waals surface area contributed by atoms with Crippen LogP contribution < -0.4 is 0 Å². The van der Waals surface area contributed by atoms with Crippen LogP contribution in [0.25, 0.3) is 0 Å². The van der Waals surface area contributed by atoms with Gasteiger partial charge >= 0.3 is 15.2 Å². The molecule has 1 rings (SSSR count). The van der Waals surface area contributed by atoms with Crippen LogP contribution in [0.4, 0.5) is 0 Å². The summed E-state index contributed by atoms with van der Waals surface area (Å²) in [5.41, 5.74) is 0. The Kier molecular flexibility index (Phi) is 6.34. The van der Waals surface area contributed by atoms with Crippen LogP contribution in [-0.4, -0.2) is 35.5 Å². The first kappa shape index (κ1) is 18.7. The number of aliphatic hydroxyl groups is 1. The summed E-state index contributed by atoms with van der Waals surface area (Å²) in [7, 11) is -10.7. The van der Waals surface area contributed by atoms with Gasteiger partial charge in [-0.05, 0) is 30.4 Å². The van der Waals surface area contributed by atoms with Crippen molar-refractivity contribution in [3.05, 3.63) is 0 Å². The predicted molar refractivity (Wildman–Crippen MR) is 77.6 cm³/mol. The van der Waals surface area contributed by atoms with Crippen LogP contribution in [0.1, 0.15) is 38.5 Å². The van der Waals surface area contributed by atoms with Crippen molar-refractivity contribution in [1.29, 1.82) is 0 Å². The zero-order chi connectivity index (χ0) is 15.6. The van der Waals surface area contributed by atoms with E-state index in [0.29, 0.717) is 24.5 Å². The first-order chi connectivity index (χ1) is 9.01. The minimum Gasteiger partial charge on any atom is -0.368 e. The molecule has 120 valence electrons. The molecule has 0 heterocycles. The third kappa shape index (κ3) is 4.31. The molecule has 0 aliphatic heterocycles. The summed E-state index contributed by atoms with van der Waals surface area (Å²) in [4.78, 5) is 36.5. The maximum atomic E-state index is 11.3. The summed E-state index contributed by atoms with van der Waals surface area (Å²) in [6, 6.07) is 0. The van der Waals surface area contributed by atoms with Gasteiger partial charge in [0.25, 0.3) is 5.08 Å². The average Bonchev–Trinajstić information content (AvgIpc) is 2.26. The van der Waals surface area contributed by atoms with Crippen LogP contribution in [0, 0.1) is 11.8 Å². The van der Waals surface area contributed by atoms with E-state index in [2.05, 4.69) is 12.6 Å². The van der Waals surface area contributed by atoms with Gasteiger partial charge in [0.1, 0.15) is 0 Å². The third-order valence-corrected chi connectivity index (χ3v) is 7.98. The van der Waals surface area contributed by atoms with Gasteiger partial charge in [0, 0.05) is 6.42 Å². The molecule has 0 spiro atoms. The largest absolute Gasteiger partial charge is 0.369 e. The van der Waals surface area contributed by atoms with Crippen molar-refractivity contribution >= 4 is 27.8 Å². The summed E-state index contributed by atoms with van der Waals surface area (Å²) in [6.45, 7) is 0. The molecule has 2 unspecified atom stereocenters. The Bertz CT molecular complexity index is 394. The molecule has 0 radical (unpaired) electrons. The molecule has 1 aliphatic carbocycles. The quantitative estimate of drug-likeness (QED) is 0.316. The summed E-state index contributed by atoms with van der Waals surface area (Å²) in [6.07, 6.45) is 3.27. The monoisotopic (exact) mass is 348 g/mol. The van der Waals surface area contributed by atoms with Crippen molar-refractivity contribution in [2.24, 2.45) is 11.8 Å². The average molecular weight is 348 g/mol. The van der Waals surface area contributed by atoms with Gasteiger partial charge in [-0.1, -0.05) is 19.3 Å². The molecule has 20 heavy (non-hydrogen) atoms. The molecule has 0 amide bonds. The zero-order valence-electron chi connectivity index (χ0n) is 11.0. The van der Waals surface area contributed by atoms with E-state index in [1.54, 1.807) is 0 Å². The van der Waals surface area contributed by atoms with E-state index < -0.39 is 26.7 Å². The second kappa shape index (κ2) is 6.80. The van der Waals surface area contributed by atoms with E-state index in [9.17, 15) is 14.2 Å². The van der Waals surface area contributed by atoms with E-state index in [1.807, 2.05) is 0 Å². The topological polar surface area (TPSA) is 135 Å². The third-order valence-electron chi connectivity index (χ3n) is 3.92. The van der Waals surface area contributed by atoms with Crippen LogP contribution >= 0.6 is 27.8 Å². The van der Waals surface area contributed by atoms with Crippen LogP contribution in [0.15, 0.2) is 0 Å². The Morgan fingerprint density at radius 1 is 1.05 bits per heavy atom. The van der Waals surface area contributed by atoms with Gasteiger partial charge in [0.2, 0.25) is 0 Å². The van der Waals surface area contributed by atoms with Crippen LogP contribution in [0.2, 0.25) is 0 Å². The SMILES string of the molecule is O=P(O)(O)C(O)(CC1CCCC(CCS)C1)P(=O)(O)O. The maximum absolute atomic E-state index is 11.3. The molecule has 2 atom stereocenters. The standard InChI is InChI=1S/C10H22O7P2S/c11-10(18(12,13)14,19(15,16)17)7-9-3-1-2-8(6-9)4-5-20/h8-9,11,20H,1-7H2,(H2,12,13,14)(H2,15,16,17). The van der Waals surface area contributed by atoms with E-state index in [0.717, 1.165) is 19.3 Å². The molecule has 1 fully saturated rings. The number of thiol groups is 1. The first-order valence-electron chi connectivity index (χ1n) is 6.46. The van der Waals surface area contributed by atoms with Crippen LogP contribution in [-0.2, 0) is 9.13 Å². The lowest BCUT2D eigenvalue weighted by atomic mass is 9.79. The van der Waals surface area contributed by atoms with E-state index in [-0.39, 0.29) is 5.92 Å². The fourth-order valence-electron chi connectivity index (χ4n) is 2.83. The molecule has 0 aromatic heterocycles. The Morgan fingerprint density at radius 3 is 2.00 bits per heavy atom. The first-order valence-corrected chi connectivity index (χ1v) is 10.3. The zero-order valence-corrected chi connectivity index (χ0v) is 13.7. The summed E-state index contributed by atoms with van der Waals surface area (Å²) < 4.78 is 22.6. The lowest BCUT2D eigenvalue weighted by molar-refractivity contribution is 0.0914. The molecule has 1 saturated carbocycles. The van der Waals surface area contributed by atoms with Gasteiger partial charge in [-0.3, -0.25) is 9.13 Å². The molecule has 0 saturated heterocycles. The van der Waals surface area contributed by atoms with Gasteiger partial charge in [0.15, 0.2) is 0 Å². The molecule has 1 aliphatic rings. The highest BCUT2D eigenvalue weighted by molar-refractivity contribution is 7.80. The Hall–Kier alpha value is 0.610. The van der Waals surface area contributed by atoms with Gasteiger partial charge in [-0.2, -0.15) is 12.6 Å². The highest BCUT2D eigenvalue weighted by atomic mass is 32.1. The highest BCUT2D eigenvalue weighted by Crippen LogP contribution is 2.70. The van der Waals surface area contributed by atoms with E-state index in [1.165, 1.54) is 0 Å². The second-order valence-corrected chi connectivity index (χ2v) is 9.93. The lowest BCUT2D eigenvalue weighted by Gasteiger charge is -2.36. The normalized spacial score (nSPS) is 25.7. The highest BCUT2D eigenvalue weighted by Gasteiger charge is 2.60. The maximum Gasteiger partial charge on any atom is 0.369 e. The molecule has 0 aromatic carbocycles. The summed E-state index contributed by atoms with van der Waals surface area (Å²) in [5.74, 6) is 0.710. The number of hydrogen-bond acceptors (Lipinski definition) is 4. The van der Waals surface area contributed by atoms with Gasteiger partial charge in [-0.25, -0.2) is 0 Å². The van der Waals surface area contributed by atoms with E-state index in [4.69, 9.17) is 19.6 Å². The van der Waals surface area contributed by atoms with Crippen molar-refractivity contribution in [3.63, 3.8) is 0 Å². The van der Waals surface area contributed by atoms with Crippen molar-refractivity contribution in [3.8, 4) is 0 Å². The lowest BCUT2D eigenvalue weighted by Crippen LogP contribution is -2.33. The van der Waals surface area contributed by atoms with Crippen molar-refractivity contribution in [1.82, 2.24) is 0 Å². The van der Waals surface area contributed by atoms with Crippen LogP contribution in [0.3, 0.4) is 0 Å². The fraction of sp³-hybridized carbons (Fsp3) is 1.00. The minimum absolute atomic E-state index is 0.307. The Morgan fingerprint density at radius 2 is 1.55 bits per heavy atom. The summed E-state index contributed by atoms with van der Waals surface area (Å²) >= 11 is 4.14. The van der Waals surface area contributed by atoms with Crippen molar-refractivity contribution < 1.29 is 33.8 Å². The molecular weight excluding hydrogens is 326 g/mol. The molecule has 0 aromatic rings.